The predicted octanol–water partition coefficient (Wildman–Crippen LogP) is 2.71. The van der Waals surface area contributed by atoms with Crippen LogP contribution in [-0.2, 0) is 4.74 Å². The maximum Gasteiger partial charge on any atom is 0.254 e. The van der Waals surface area contributed by atoms with Gasteiger partial charge < -0.3 is 19.2 Å². The van der Waals surface area contributed by atoms with E-state index in [1.165, 1.54) is 0 Å². The van der Waals surface area contributed by atoms with Crippen LogP contribution in [0.15, 0.2) is 34.7 Å². The van der Waals surface area contributed by atoms with Crippen molar-refractivity contribution >= 4 is 5.91 Å². The summed E-state index contributed by atoms with van der Waals surface area (Å²) in [5, 5.41) is 3.06. The topological polar surface area (TPSA) is 63.9 Å². The second kappa shape index (κ2) is 8.38. The van der Waals surface area contributed by atoms with Crippen LogP contribution in [0.5, 0.6) is 5.75 Å². The smallest absolute Gasteiger partial charge is 0.254 e. The van der Waals surface area contributed by atoms with Crippen LogP contribution >= 0.6 is 0 Å². The average Bonchev–Trinajstić information content (AvgIpc) is 3.01. The van der Waals surface area contributed by atoms with Crippen molar-refractivity contribution in [1.82, 2.24) is 10.2 Å². The molecule has 2 heterocycles. The molecule has 0 spiro atoms. The average molecular weight is 358 g/mol. The number of hydrogen-bond acceptors (Lipinski definition) is 5. The van der Waals surface area contributed by atoms with Crippen LogP contribution < -0.4 is 10.1 Å². The van der Waals surface area contributed by atoms with Gasteiger partial charge in [-0.25, -0.2) is 0 Å². The largest absolute Gasteiger partial charge is 0.497 e. The van der Waals surface area contributed by atoms with E-state index in [2.05, 4.69) is 22.3 Å². The first-order chi connectivity index (χ1) is 12.6. The van der Waals surface area contributed by atoms with Crippen molar-refractivity contribution in [1.29, 1.82) is 0 Å². The summed E-state index contributed by atoms with van der Waals surface area (Å²) >= 11 is 0. The number of ether oxygens (including phenoxy) is 2. The molecule has 6 nitrogen and oxygen atoms in total. The Balaban J connectivity index is 1.74. The van der Waals surface area contributed by atoms with Crippen LogP contribution in [0.4, 0.5) is 0 Å². The van der Waals surface area contributed by atoms with Gasteiger partial charge in [-0.05, 0) is 37.6 Å². The lowest BCUT2D eigenvalue weighted by Gasteiger charge is -2.35. The Morgan fingerprint density at radius 3 is 2.50 bits per heavy atom. The fourth-order valence-corrected chi connectivity index (χ4v) is 3.31. The summed E-state index contributed by atoms with van der Waals surface area (Å²) in [6, 6.07) is 9.88. The number of furan rings is 1. The number of nitrogens with zero attached hydrogens (tertiary/aromatic N) is 1. The molecule has 26 heavy (non-hydrogen) atoms. The van der Waals surface area contributed by atoms with E-state index in [1.54, 1.807) is 13.2 Å². The number of morpholine rings is 1. The van der Waals surface area contributed by atoms with E-state index in [0.29, 0.717) is 31.1 Å². The van der Waals surface area contributed by atoms with Crippen molar-refractivity contribution in [3.05, 3.63) is 53.0 Å². The Morgan fingerprint density at radius 2 is 1.92 bits per heavy atom. The van der Waals surface area contributed by atoms with E-state index >= 15 is 0 Å². The van der Waals surface area contributed by atoms with Crippen molar-refractivity contribution in [2.75, 3.05) is 40.0 Å². The molecule has 140 valence electrons. The molecular weight excluding hydrogens is 332 g/mol. The summed E-state index contributed by atoms with van der Waals surface area (Å²) < 4.78 is 16.2. The summed E-state index contributed by atoms with van der Waals surface area (Å²) in [6.45, 7) is 7.28. The van der Waals surface area contributed by atoms with Gasteiger partial charge in [0.1, 0.15) is 17.3 Å². The Hall–Kier alpha value is -2.31. The minimum atomic E-state index is -0.105. The Bertz CT molecular complexity index is 733. The van der Waals surface area contributed by atoms with E-state index < -0.39 is 0 Å². The fraction of sp³-hybridized carbons (Fsp3) is 0.450. The van der Waals surface area contributed by atoms with Crippen molar-refractivity contribution < 1.29 is 18.7 Å². The normalized spacial score (nSPS) is 16.3. The molecule has 1 N–H and O–H groups in total. The second-order valence-electron chi connectivity index (χ2n) is 6.47. The van der Waals surface area contributed by atoms with Gasteiger partial charge in [0.05, 0.1) is 31.9 Å². The zero-order valence-corrected chi connectivity index (χ0v) is 15.6. The summed E-state index contributed by atoms with van der Waals surface area (Å²) in [5.74, 6) is 2.11. The summed E-state index contributed by atoms with van der Waals surface area (Å²) in [6.07, 6.45) is 0. The minimum Gasteiger partial charge on any atom is -0.497 e. The highest BCUT2D eigenvalue weighted by Gasteiger charge is 2.24. The van der Waals surface area contributed by atoms with Gasteiger partial charge in [0.2, 0.25) is 0 Å². The van der Waals surface area contributed by atoms with Gasteiger partial charge in [0, 0.05) is 19.6 Å². The van der Waals surface area contributed by atoms with Crippen LogP contribution in [0.3, 0.4) is 0 Å². The third-order valence-corrected chi connectivity index (χ3v) is 4.73. The van der Waals surface area contributed by atoms with E-state index in [9.17, 15) is 4.79 Å². The van der Waals surface area contributed by atoms with E-state index in [4.69, 9.17) is 13.9 Å². The monoisotopic (exact) mass is 358 g/mol. The highest BCUT2D eigenvalue weighted by atomic mass is 16.5. The van der Waals surface area contributed by atoms with Crippen molar-refractivity contribution in [3.63, 3.8) is 0 Å². The summed E-state index contributed by atoms with van der Waals surface area (Å²) in [5.41, 5.74) is 1.74. The van der Waals surface area contributed by atoms with Gasteiger partial charge in [-0.2, -0.15) is 0 Å². The molecule has 3 rings (SSSR count). The van der Waals surface area contributed by atoms with Crippen LogP contribution in [0, 0.1) is 13.8 Å². The van der Waals surface area contributed by atoms with Crippen LogP contribution in [0.1, 0.15) is 33.5 Å². The van der Waals surface area contributed by atoms with Gasteiger partial charge >= 0.3 is 0 Å². The number of rotatable bonds is 6. The summed E-state index contributed by atoms with van der Waals surface area (Å²) in [4.78, 5) is 14.9. The Labute approximate surface area is 154 Å². The number of benzene rings is 1. The highest BCUT2D eigenvalue weighted by molar-refractivity contribution is 5.95. The third-order valence-electron chi connectivity index (χ3n) is 4.73. The minimum absolute atomic E-state index is 0.0852. The van der Waals surface area contributed by atoms with Gasteiger partial charge in [-0.3, -0.25) is 9.69 Å². The number of carbonyl (C=O) groups is 1. The lowest BCUT2D eigenvalue weighted by atomic mass is 10.0. The molecule has 1 aromatic carbocycles. The maximum absolute atomic E-state index is 12.6. The SMILES string of the molecule is COc1ccc([C@@H](CNC(=O)c2cc(C)oc2C)N2CCOCC2)cc1. The Kier molecular flexibility index (Phi) is 5.96. The van der Waals surface area contributed by atoms with Crippen molar-refractivity contribution in [2.24, 2.45) is 0 Å². The zero-order chi connectivity index (χ0) is 18.5. The first-order valence-corrected chi connectivity index (χ1v) is 8.89. The summed E-state index contributed by atoms with van der Waals surface area (Å²) in [7, 11) is 1.66. The number of carbonyl (C=O) groups excluding carboxylic acids is 1. The number of nitrogens with one attached hydrogen (secondary N) is 1. The molecule has 1 amide bonds. The van der Waals surface area contributed by atoms with Gasteiger partial charge in [0.15, 0.2) is 0 Å². The molecule has 2 aromatic rings. The highest BCUT2D eigenvalue weighted by Crippen LogP contribution is 2.24. The number of hydrogen-bond donors (Lipinski definition) is 1. The second-order valence-corrected chi connectivity index (χ2v) is 6.47. The molecule has 1 aliphatic rings. The Morgan fingerprint density at radius 1 is 1.23 bits per heavy atom. The molecule has 1 fully saturated rings. The predicted molar refractivity (Wildman–Crippen MR) is 98.6 cm³/mol. The third kappa shape index (κ3) is 4.26. The molecule has 1 aromatic heterocycles. The van der Waals surface area contributed by atoms with Gasteiger partial charge in [0.25, 0.3) is 5.91 Å². The van der Waals surface area contributed by atoms with Crippen LogP contribution in [0.25, 0.3) is 0 Å². The standard InChI is InChI=1S/C20H26N2O4/c1-14-12-18(15(2)26-14)20(23)21-13-19(22-8-10-25-11-9-22)16-4-6-17(24-3)7-5-16/h4-7,12,19H,8-11,13H2,1-3H3,(H,21,23)/t19-/m1/s1. The lowest BCUT2D eigenvalue weighted by molar-refractivity contribution is 0.0162. The molecule has 0 bridgehead atoms. The molecule has 1 atom stereocenters. The first-order valence-electron chi connectivity index (χ1n) is 8.89. The van der Waals surface area contributed by atoms with Gasteiger partial charge in [-0.15, -0.1) is 0 Å². The van der Waals surface area contributed by atoms with Gasteiger partial charge in [-0.1, -0.05) is 12.1 Å². The molecule has 0 radical (unpaired) electrons. The number of aryl methyl sites for hydroxylation is 2. The molecular formula is C20H26N2O4. The lowest BCUT2D eigenvalue weighted by Crippen LogP contribution is -2.43. The van der Waals surface area contributed by atoms with E-state index in [1.807, 2.05) is 26.0 Å². The molecule has 1 aliphatic heterocycles. The quantitative estimate of drug-likeness (QED) is 0.860. The number of amides is 1. The molecule has 0 saturated carbocycles. The van der Waals surface area contributed by atoms with E-state index in [-0.39, 0.29) is 11.9 Å². The van der Waals surface area contributed by atoms with Crippen molar-refractivity contribution in [3.8, 4) is 5.75 Å². The number of methoxy groups -OCH3 is 1. The molecule has 0 aliphatic carbocycles. The molecule has 0 unspecified atom stereocenters. The van der Waals surface area contributed by atoms with Crippen LogP contribution in [-0.4, -0.2) is 50.8 Å². The molecule has 1 saturated heterocycles. The maximum atomic E-state index is 12.6. The van der Waals surface area contributed by atoms with E-state index in [0.717, 1.165) is 30.2 Å². The van der Waals surface area contributed by atoms with Crippen molar-refractivity contribution in [2.45, 2.75) is 19.9 Å². The molecule has 6 heteroatoms. The zero-order valence-electron chi connectivity index (χ0n) is 15.6. The first kappa shape index (κ1) is 18.5. The van der Waals surface area contributed by atoms with Crippen LogP contribution in [0.2, 0.25) is 0 Å². The fourth-order valence-electron chi connectivity index (χ4n) is 3.31.